The standard InChI is InChI=1S/C24H32N2O4/c1-24(2,3)30-23(29)26-22(28)19(14-17-10-6-4-7-11-17)16-21(27)20(25)15-18-12-8-5-9-13-18/h4-13,19-21,27H,14-16,25H2,1-3H3,(H,26,28,29)/t19-,20+,21+/m1/s1. The van der Waals surface area contributed by atoms with Crippen LogP contribution >= 0.6 is 0 Å². The summed E-state index contributed by atoms with van der Waals surface area (Å²) in [7, 11) is 0. The molecular formula is C24H32N2O4. The average molecular weight is 413 g/mol. The van der Waals surface area contributed by atoms with E-state index in [1.165, 1.54) is 0 Å². The number of hydrogen-bond donors (Lipinski definition) is 3. The molecule has 0 aliphatic heterocycles. The number of ether oxygens (including phenoxy) is 1. The van der Waals surface area contributed by atoms with Crippen molar-refractivity contribution >= 4 is 12.0 Å². The van der Waals surface area contributed by atoms with Crippen LogP contribution in [0.1, 0.15) is 38.3 Å². The Morgan fingerprint density at radius 3 is 1.97 bits per heavy atom. The van der Waals surface area contributed by atoms with Crippen LogP contribution in [-0.4, -0.2) is 34.9 Å². The molecule has 0 aliphatic carbocycles. The number of nitrogens with two attached hydrogens (primary N) is 1. The van der Waals surface area contributed by atoms with Gasteiger partial charge in [0.2, 0.25) is 5.91 Å². The number of nitrogens with one attached hydrogen (secondary N) is 1. The van der Waals surface area contributed by atoms with E-state index in [-0.39, 0.29) is 6.42 Å². The van der Waals surface area contributed by atoms with E-state index in [4.69, 9.17) is 10.5 Å². The first-order valence-electron chi connectivity index (χ1n) is 10.2. The third-order valence-corrected chi connectivity index (χ3v) is 4.65. The van der Waals surface area contributed by atoms with Crippen molar-refractivity contribution in [2.24, 2.45) is 11.7 Å². The summed E-state index contributed by atoms with van der Waals surface area (Å²) < 4.78 is 5.18. The molecule has 2 aromatic rings. The highest BCUT2D eigenvalue weighted by atomic mass is 16.6. The van der Waals surface area contributed by atoms with E-state index < -0.39 is 35.7 Å². The zero-order chi connectivity index (χ0) is 22.1. The number of amides is 2. The number of aliphatic hydroxyl groups excluding tert-OH is 1. The zero-order valence-corrected chi connectivity index (χ0v) is 17.9. The first-order valence-corrected chi connectivity index (χ1v) is 10.2. The molecule has 3 atom stereocenters. The molecule has 4 N–H and O–H groups in total. The number of alkyl carbamates (subject to hydrolysis) is 1. The molecule has 2 aromatic carbocycles. The van der Waals surface area contributed by atoms with E-state index in [9.17, 15) is 14.7 Å². The lowest BCUT2D eigenvalue weighted by Gasteiger charge is -2.25. The summed E-state index contributed by atoms with van der Waals surface area (Å²) in [6.07, 6.45) is -0.687. The lowest BCUT2D eigenvalue weighted by molar-refractivity contribution is -0.125. The molecule has 0 spiro atoms. The SMILES string of the molecule is CC(C)(C)OC(=O)NC(=O)[C@H](Cc1ccccc1)C[C@H](O)[C@@H](N)Cc1ccccc1. The first-order chi connectivity index (χ1) is 14.1. The Morgan fingerprint density at radius 2 is 1.47 bits per heavy atom. The van der Waals surface area contributed by atoms with Crippen molar-refractivity contribution in [2.75, 3.05) is 0 Å². The Balaban J connectivity index is 2.06. The fourth-order valence-electron chi connectivity index (χ4n) is 3.18. The Bertz CT molecular complexity index is 803. The summed E-state index contributed by atoms with van der Waals surface area (Å²) in [6.45, 7) is 5.18. The van der Waals surface area contributed by atoms with Gasteiger partial charge >= 0.3 is 6.09 Å². The van der Waals surface area contributed by atoms with Crippen LogP contribution in [0.4, 0.5) is 4.79 Å². The maximum absolute atomic E-state index is 12.8. The molecule has 0 unspecified atom stereocenters. The summed E-state index contributed by atoms with van der Waals surface area (Å²) in [4.78, 5) is 24.8. The van der Waals surface area contributed by atoms with Crippen molar-refractivity contribution in [3.8, 4) is 0 Å². The molecule has 0 saturated carbocycles. The molecule has 6 heteroatoms. The Kier molecular flexibility index (Phi) is 8.57. The van der Waals surface area contributed by atoms with Crippen molar-refractivity contribution in [1.82, 2.24) is 5.32 Å². The fraction of sp³-hybridized carbons (Fsp3) is 0.417. The van der Waals surface area contributed by atoms with Gasteiger partial charge in [0.05, 0.1) is 6.10 Å². The van der Waals surface area contributed by atoms with Crippen molar-refractivity contribution in [2.45, 2.75) is 57.8 Å². The Hall–Kier alpha value is -2.70. The Labute approximate surface area is 178 Å². The molecule has 2 rings (SSSR count). The van der Waals surface area contributed by atoms with Gasteiger partial charge in [0, 0.05) is 12.0 Å². The Morgan fingerprint density at radius 1 is 0.967 bits per heavy atom. The highest BCUT2D eigenvalue weighted by Gasteiger charge is 2.28. The van der Waals surface area contributed by atoms with Gasteiger partial charge in [-0.1, -0.05) is 60.7 Å². The molecule has 0 aliphatic rings. The van der Waals surface area contributed by atoms with Gasteiger partial charge < -0.3 is 15.6 Å². The third-order valence-electron chi connectivity index (χ3n) is 4.65. The van der Waals surface area contributed by atoms with Crippen LogP contribution in [0, 0.1) is 5.92 Å². The number of carbonyl (C=O) groups is 2. The highest BCUT2D eigenvalue weighted by Crippen LogP contribution is 2.18. The molecule has 162 valence electrons. The van der Waals surface area contributed by atoms with Crippen LogP contribution in [0.25, 0.3) is 0 Å². The van der Waals surface area contributed by atoms with Crippen molar-refractivity contribution < 1.29 is 19.4 Å². The second-order valence-electron chi connectivity index (χ2n) is 8.53. The van der Waals surface area contributed by atoms with Crippen LogP contribution in [0.15, 0.2) is 60.7 Å². The lowest BCUT2D eigenvalue weighted by atomic mass is 9.89. The van der Waals surface area contributed by atoms with E-state index in [0.717, 1.165) is 11.1 Å². The van der Waals surface area contributed by atoms with Gasteiger partial charge in [0.15, 0.2) is 0 Å². The van der Waals surface area contributed by atoms with E-state index >= 15 is 0 Å². The van der Waals surface area contributed by atoms with Crippen LogP contribution in [0.2, 0.25) is 0 Å². The second-order valence-corrected chi connectivity index (χ2v) is 8.53. The maximum atomic E-state index is 12.8. The lowest BCUT2D eigenvalue weighted by Crippen LogP contribution is -2.44. The minimum atomic E-state index is -0.900. The molecule has 2 amide bonds. The first kappa shape index (κ1) is 23.6. The molecule has 30 heavy (non-hydrogen) atoms. The third kappa shape index (κ3) is 8.35. The van der Waals surface area contributed by atoms with Gasteiger partial charge in [0.1, 0.15) is 5.60 Å². The smallest absolute Gasteiger partial charge is 0.414 e. The van der Waals surface area contributed by atoms with E-state index in [0.29, 0.717) is 12.8 Å². The maximum Gasteiger partial charge on any atom is 0.414 e. The summed E-state index contributed by atoms with van der Waals surface area (Å²) in [5, 5.41) is 13.0. The van der Waals surface area contributed by atoms with E-state index in [1.807, 2.05) is 60.7 Å². The molecule has 0 saturated heterocycles. The number of benzene rings is 2. The highest BCUT2D eigenvalue weighted by molar-refractivity contribution is 5.93. The van der Waals surface area contributed by atoms with E-state index in [1.54, 1.807) is 20.8 Å². The molecule has 0 radical (unpaired) electrons. The second kappa shape index (κ2) is 10.9. The largest absolute Gasteiger partial charge is 0.444 e. The number of imide groups is 1. The van der Waals surface area contributed by atoms with Gasteiger partial charge in [-0.05, 0) is 51.2 Å². The van der Waals surface area contributed by atoms with Gasteiger partial charge in [-0.3, -0.25) is 10.1 Å². The number of rotatable bonds is 8. The van der Waals surface area contributed by atoms with Gasteiger partial charge in [0.25, 0.3) is 0 Å². The van der Waals surface area contributed by atoms with Crippen LogP contribution in [0.3, 0.4) is 0 Å². The average Bonchev–Trinajstić information content (AvgIpc) is 2.67. The predicted octanol–water partition coefficient (Wildman–Crippen LogP) is 3.22. The zero-order valence-electron chi connectivity index (χ0n) is 17.9. The van der Waals surface area contributed by atoms with Crippen molar-refractivity contribution in [3.05, 3.63) is 71.8 Å². The normalized spacial score (nSPS) is 14.4. The summed E-state index contributed by atoms with van der Waals surface area (Å²) in [5.41, 5.74) is 7.44. The summed E-state index contributed by atoms with van der Waals surface area (Å²) in [5.74, 6) is -1.11. The van der Waals surface area contributed by atoms with E-state index in [2.05, 4.69) is 5.32 Å². The van der Waals surface area contributed by atoms with Crippen molar-refractivity contribution in [1.29, 1.82) is 0 Å². The summed E-state index contributed by atoms with van der Waals surface area (Å²) >= 11 is 0. The number of aliphatic hydroxyl groups is 1. The minimum Gasteiger partial charge on any atom is -0.444 e. The molecular weight excluding hydrogens is 380 g/mol. The van der Waals surface area contributed by atoms with Crippen LogP contribution < -0.4 is 11.1 Å². The van der Waals surface area contributed by atoms with Crippen LogP contribution in [-0.2, 0) is 22.4 Å². The summed E-state index contributed by atoms with van der Waals surface area (Å²) in [6, 6.07) is 18.6. The van der Waals surface area contributed by atoms with Gasteiger partial charge in [-0.15, -0.1) is 0 Å². The monoisotopic (exact) mass is 412 g/mol. The predicted molar refractivity (Wildman–Crippen MR) is 117 cm³/mol. The van der Waals surface area contributed by atoms with Gasteiger partial charge in [-0.25, -0.2) is 4.79 Å². The molecule has 0 bridgehead atoms. The number of carbonyl (C=O) groups excluding carboxylic acids is 2. The van der Waals surface area contributed by atoms with Gasteiger partial charge in [-0.2, -0.15) is 0 Å². The number of hydrogen-bond acceptors (Lipinski definition) is 5. The minimum absolute atomic E-state index is 0.136. The van der Waals surface area contributed by atoms with Crippen LogP contribution in [0.5, 0.6) is 0 Å². The molecule has 0 fully saturated rings. The molecule has 0 aromatic heterocycles. The molecule has 0 heterocycles. The quantitative estimate of drug-likeness (QED) is 0.618. The molecule has 6 nitrogen and oxygen atoms in total. The fourth-order valence-corrected chi connectivity index (χ4v) is 3.18. The topological polar surface area (TPSA) is 102 Å². The van der Waals surface area contributed by atoms with Crippen molar-refractivity contribution in [3.63, 3.8) is 0 Å².